The first-order chi connectivity index (χ1) is 11.0. The number of rotatable bonds is 7. The van der Waals surface area contributed by atoms with Crippen LogP contribution in [0, 0.1) is 5.82 Å². The first-order valence-electron chi connectivity index (χ1n) is 7.06. The Labute approximate surface area is 142 Å². The molecule has 0 aliphatic heterocycles. The number of esters is 1. The fraction of sp³-hybridized carbons (Fsp3) is 0.312. The highest BCUT2D eigenvalue weighted by Crippen LogP contribution is 2.29. The molecule has 0 saturated heterocycles. The summed E-state index contributed by atoms with van der Waals surface area (Å²) in [4.78, 5) is 28.0. The van der Waals surface area contributed by atoms with Crippen LogP contribution in [0.2, 0.25) is 0 Å². The van der Waals surface area contributed by atoms with E-state index in [4.69, 9.17) is 4.74 Å². The molecule has 0 aliphatic carbocycles. The number of carbonyl (C=O) groups is 2. The summed E-state index contributed by atoms with van der Waals surface area (Å²) in [5, 5.41) is 1.44. The van der Waals surface area contributed by atoms with Gasteiger partial charge in [-0.1, -0.05) is 11.8 Å². The van der Waals surface area contributed by atoms with Crippen molar-refractivity contribution < 1.29 is 18.7 Å². The molecular weight excluding hydrogens is 337 g/mol. The lowest BCUT2D eigenvalue weighted by molar-refractivity contribution is -0.142. The summed E-state index contributed by atoms with van der Waals surface area (Å²) in [6.45, 7) is 3.87. The van der Waals surface area contributed by atoms with Crippen molar-refractivity contribution in [2.75, 3.05) is 6.61 Å². The molecule has 1 aromatic heterocycles. The van der Waals surface area contributed by atoms with E-state index in [1.54, 1.807) is 19.2 Å². The van der Waals surface area contributed by atoms with Crippen molar-refractivity contribution in [2.45, 2.75) is 29.9 Å². The van der Waals surface area contributed by atoms with Crippen molar-refractivity contribution in [1.82, 2.24) is 4.98 Å². The van der Waals surface area contributed by atoms with Crippen molar-refractivity contribution >= 4 is 34.9 Å². The molecule has 0 bridgehead atoms. The lowest BCUT2D eigenvalue weighted by Crippen LogP contribution is -2.13. The maximum absolute atomic E-state index is 12.9. The van der Waals surface area contributed by atoms with Gasteiger partial charge in [0.2, 0.25) is 0 Å². The van der Waals surface area contributed by atoms with Crippen LogP contribution in [0.15, 0.2) is 34.0 Å². The molecule has 23 heavy (non-hydrogen) atoms. The standard InChI is InChI=1S/C16H16FNO3S2/c1-3-21-14(19)8-13-9-22-16(18-13)23-10(2)15(20)11-4-6-12(17)7-5-11/h4-7,9-10H,3,8H2,1-2H3/t10-/m0/s1. The first-order valence-corrected chi connectivity index (χ1v) is 8.82. The minimum atomic E-state index is -0.370. The van der Waals surface area contributed by atoms with Gasteiger partial charge in [-0.2, -0.15) is 0 Å². The summed E-state index contributed by atoms with van der Waals surface area (Å²) in [7, 11) is 0. The van der Waals surface area contributed by atoms with E-state index in [1.165, 1.54) is 47.4 Å². The Kier molecular flexibility index (Phi) is 6.29. The molecule has 0 unspecified atom stereocenters. The number of benzene rings is 1. The Morgan fingerprint density at radius 1 is 1.35 bits per heavy atom. The number of ketones is 1. The highest BCUT2D eigenvalue weighted by molar-refractivity contribution is 8.02. The smallest absolute Gasteiger partial charge is 0.311 e. The van der Waals surface area contributed by atoms with Gasteiger partial charge in [0.1, 0.15) is 5.82 Å². The summed E-state index contributed by atoms with van der Waals surface area (Å²) in [6, 6.07) is 5.49. The van der Waals surface area contributed by atoms with E-state index >= 15 is 0 Å². The SMILES string of the molecule is CCOC(=O)Cc1csc(S[C@@H](C)C(=O)c2ccc(F)cc2)n1. The van der Waals surface area contributed by atoms with Crippen molar-refractivity contribution in [2.24, 2.45) is 0 Å². The number of thioether (sulfide) groups is 1. The van der Waals surface area contributed by atoms with Gasteiger partial charge in [0.25, 0.3) is 0 Å². The lowest BCUT2D eigenvalue weighted by Gasteiger charge is -2.08. The summed E-state index contributed by atoms with van der Waals surface area (Å²) in [5.74, 6) is -0.771. The molecule has 122 valence electrons. The molecule has 7 heteroatoms. The zero-order valence-corrected chi connectivity index (χ0v) is 14.4. The quantitative estimate of drug-likeness (QED) is 0.431. The van der Waals surface area contributed by atoms with E-state index in [2.05, 4.69) is 4.98 Å². The summed E-state index contributed by atoms with van der Waals surface area (Å²) >= 11 is 2.71. The number of hydrogen-bond donors (Lipinski definition) is 0. The van der Waals surface area contributed by atoms with Crippen LogP contribution in [-0.2, 0) is 16.0 Å². The van der Waals surface area contributed by atoms with Gasteiger partial charge in [0.05, 0.1) is 24.0 Å². The van der Waals surface area contributed by atoms with Gasteiger partial charge in [0, 0.05) is 10.9 Å². The van der Waals surface area contributed by atoms with E-state index in [9.17, 15) is 14.0 Å². The molecule has 0 N–H and O–H groups in total. The van der Waals surface area contributed by atoms with Crippen LogP contribution in [0.5, 0.6) is 0 Å². The minimum Gasteiger partial charge on any atom is -0.466 e. The van der Waals surface area contributed by atoms with Crippen molar-refractivity contribution in [3.8, 4) is 0 Å². The topological polar surface area (TPSA) is 56.3 Å². The summed E-state index contributed by atoms with van der Waals surface area (Å²) < 4.78 is 18.5. The van der Waals surface area contributed by atoms with Crippen LogP contribution >= 0.6 is 23.1 Å². The second kappa shape index (κ2) is 8.21. The number of thiazole rings is 1. The van der Waals surface area contributed by atoms with Crippen LogP contribution in [0.25, 0.3) is 0 Å². The predicted molar refractivity (Wildman–Crippen MR) is 88.5 cm³/mol. The number of halogens is 1. The van der Waals surface area contributed by atoms with Crippen LogP contribution < -0.4 is 0 Å². The predicted octanol–water partition coefficient (Wildman–Crippen LogP) is 3.75. The molecule has 1 aromatic carbocycles. The summed E-state index contributed by atoms with van der Waals surface area (Å²) in [6.07, 6.45) is 0.130. The maximum atomic E-state index is 12.9. The monoisotopic (exact) mass is 353 g/mol. The van der Waals surface area contributed by atoms with Gasteiger partial charge in [-0.3, -0.25) is 9.59 Å². The molecule has 0 aliphatic rings. The second-order valence-electron chi connectivity index (χ2n) is 4.72. The Balaban J connectivity index is 1.96. The fourth-order valence-electron chi connectivity index (χ4n) is 1.84. The Bertz CT molecular complexity index is 685. The molecule has 0 radical (unpaired) electrons. The number of Topliss-reactive ketones (excluding diaryl/α,β-unsaturated/α-hetero) is 1. The molecule has 2 aromatic rings. The third-order valence-corrected chi connectivity index (χ3v) is 5.06. The Hall–Kier alpha value is -1.73. The minimum absolute atomic E-state index is 0.0860. The van der Waals surface area contributed by atoms with E-state index in [-0.39, 0.29) is 29.2 Å². The van der Waals surface area contributed by atoms with Crippen molar-refractivity contribution in [3.63, 3.8) is 0 Å². The van der Waals surface area contributed by atoms with E-state index in [0.29, 0.717) is 22.2 Å². The molecule has 0 amide bonds. The van der Waals surface area contributed by atoms with Gasteiger partial charge in [-0.05, 0) is 38.1 Å². The third kappa shape index (κ3) is 5.14. The van der Waals surface area contributed by atoms with Crippen molar-refractivity contribution in [3.05, 3.63) is 46.7 Å². The molecular formula is C16H16FNO3S2. The van der Waals surface area contributed by atoms with Crippen molar-refractivity contribution in [1.29, 1.82) is 0 Å². The zero-order chi connectivity index (χ0) is 16.8. The van der Waals surface area contributed by atoms with E-state index in [1.807, 2.05) is 0 Å². The van der Waals surface area contributed by atoms with Gasteiger partial charge >= 0.3 is 5.97 Å². The third-order valence-electron chi connectivity index (χ3n) is 2.94. The molecule has 1 atom stereocenters. The lowest BCUT2D eigenvalue weighted by atomic mass is 10.1. The normalized spacial score (nSPS) is 12.0. The van der Waals surface area contributed by atoms with Gasteiger partial charge in [-0.15, -0.1) is 11.3 Å². The van der Waals surface area contributed by atoms with Gasteiger partial charge in [0.15, 0.2) is 10.1 Å². The van der Waals surface area contributed by atoms with Crippen LogP contribution in [0.1, 0.15) is 29.9 Å². The van der Waals surface area contributed by atoms with Crippen LogP contribution in [0.4, 0.5) is 4.39 Å². The van der Waals surface area contributed by atoms with E-state index in [0.717, 1.165) is 0 Å². The number of aromatic nitrogens is 1. The number of nitrogens with zero attached hydrogens (tertiary/aromatic N) is 1. The van der Waals surface area contributed by atoms with E-state index < -0.39 is 0 Å². The number of hydrogen-bond acceptors (Lipinski definition) is 6. The number of ether oxygens (including phenoxy) is 1. The average Bonchev–Trinajstić information content (AvgIpc) is 2.94. The largest absolute Gasteiger partial charge is 0.466 e. The first kappa shape index (κ1) is 17.6. The zero-order valence-electron chi connectivity index (χ0n) is 12.7. The molecule has 0 fully saturated rings. The molecule has 0 spiro atoms. The van der Waals surface area contributed by atoms with Gasteiger partial charge in [-0.25, -0.2) is 9.37 Å². The summed E-state index contributed by atoms with van der Waals surface area (Å²) in [5.41, 5.74) is 1.10. The van der Waals surface area contributed by atoms with Crippen LogP contribution in [0.3, 0.4) is 0 Å². The average molecular weight is 353 g/mol. The maximum Gasteiger partial charge on any atom is 0.311 e. The molecule has 4 nitrogen and oxygen atoms in total. The molecule has 1 heterocycles. The second-order valence-corrected chi connectivity index (χ2v) is 7.16. The number of carbonyl (C=O) groups excluding carboxylic acids is 2. The highest BCUT2D eigenvalue weighted by atomic mass is 32.2. The highest BCUT2D eigenvalue weighted by Gasteiger charge is 2.18. The van der Waals surface area contributed by atoms with Gasteiger partial charge < -0.3 is 4.74 Å². The fourth-order valence-corrected chi connectivity index (χ4v) is 3.90. The molecule has 2 rings (SSSR count). The van der Waals surface area contributed by atoms with Crippen LogP contribution in [-0.4, -0.2) is 28.6 Å². The Morgan fingerprint density at radius 2 is 2.04 bits per heavy atom. The Morgan fingerprint density at radius 3 is 2.70 bits per heavy atom. The molecule has 0 saturated carbocycles.